The maximum Gasteiger partial charge on any atom is 0.273 e. The fraction of sp³-hybridized carbons (Fsp3) is 0.111. The number of nitrogens with zero attached hydrogens (tertiary/aromatic N) is 1. The smallest absolute Gasteiger partial charge is 0.273 e. The summed E-state index contributed by atoms with van der Waals surface area (Å²) in [6.07, 6.45) is 5.59. The predicted octanol–water partition coefficient (Wildman–Crippen LogP) is 0.370. The number of hydrogen-bond acceptors (Lipinski definition) is 2. The number of thiocarbonyl (C=S) groups is 1. The van der Waals surface area contributed by atoms with E-state index in [0.29, 0.717) is 10.8 Å². The molecule has 0 aromatic carbocycles. The van der Waals surface area contributed by atoms with E-state index in [1.807, 2.05) is 30.1 Å². The lowest BCUT2D eigenvalue weighted by Gasteiger charge is -1.92. The highest BCUT2D eigenvalue weighted by Gasteiger charge is 2.19. The van der Waals surface area contributed by atoms with Gasteiger partial charge in [0.1, 0.15) is 5.70 Å². The standard InChI is InChI=1S/C9H9N3OS/c1-12-3-2-6(5-12)4-7-8(13)11-9(14)10-7/h2-5H,1H3,(H2,10,11,13,14)/b7-4-. The Bertz CT molecular complexity index is 433. The normalized spacial score (nSPS) is 18.5. The summed E-state index contributed by atoms with van der Waals surface area (Å²) < 4.78 is 1.91. The first-order valence-electron chi connectivity index (χ1n) is 4.11. The Balaban J connectivity index is 2.27. The molecule has 1 aromatic rings. The maximum absolute atomic E-state index is 11.3. The summed E-state index contributed by atoms with van der Waals surface area (Å²) in [6, 6.07) is 1.92. The molecule has 1 saturated heterocycles. The van der Waals surface area contributed by atoms with Crippen LogP contribution in [-0.2, 0) is 11.8 Å². The Morgan fingerprint density at radius 1 is 1.50 bits per heavy atom. The molecule has 1 aliphatic heterocycles. The van der Waals surface area contributed by atoms with E-state index >= 15 is 0 Å². The first-order valence-corrected chi connectivity index (χ1v) is 4.52. The van der Waals surface area contributed by atoms with Crippen LogP contribution in [0.1, 0.15) is 5.56 Å². The van der Waals surface area contributed by atoms with Gasteiger partial charge in [0.2, 0.25) is 0 Å². The molecular weight excluding hydrogens is 198 g/mol. The Hall–Kier alpha value is -1.62. The van der Waals surface area contributed by atoms with Gasteiger partial charge in [-0.1, -0.05) is 0 Å². The van der Waals surface area contributed by atoms with Crippen molar-refractivity contribution in [2.45, 2.75) is 0 Å². The minimum absolute atomic E-state index is 0.182. The van der Waals surface area contributed by atoms with E-state index in [0.717, 1.165) is 5.56 Å². The summed E-state index contributed by atoms with van der Waals surface area (Å²) in [6.45, 7) is 0. The molecule has 0 unspecified atom stereocenters. The molecule has 2 N–H and O–H groups in total. The molecular formula is C9H9N3OS. The van der Waals surface area contributed by atoms with Crippen molar-refractivity contribution in [3.63, 3.8) is 0 Å². The van der Waals surface area contributed by atoms with Gasteiger partial charge in [0.15, 0.2) is 5.11 Å². The zero-order valence-electron chi connectivity index (χ0n) is 7.57. The number of carbonyl (C=O) groups excluding carboxylic acids is 1. The molecule has 5 heteroatoms. The first kappa shape index (κ1) is 8.96. The highest BCUT2D eigenvalue weighted by Crippen LogP contribution is 2.07. The summed E-state index contributed by atoms with van der Waals surface area (Å²) in [5.41, 5.74) is 1.45. The van der Waals surface area contributed by atoms with Crippen molar-refractivity contribution in [1.29, 1.82) is 0 Å². The molecule has 1 amide bonds. The van der Waals surface area contributed by atoms with Gasteiger partial charge < -0.3 is 9.88 Å². The Morgan fingerprint density at radius 3 is 2.79 bits per heavy atom. The molecule has 1 aromatic heterocycles. The van der Waals surface area contributed by atoms with Crippen LogP contribution in [0.4, 0.5) is 0 Å². The van der Waals surface area contributed by atoms with Crippen molar-refractivity contribution < 1.29 is 4.79 Å². The lowest BCUT2D eigenvalue weighted by Crippen LogP contribution is -2.21. The lowest BCUT2D eigenvalue weighted by atomic mass is 10.3. The largest absolute Gasteiger partial charge is 0.357 e. The van der Waals surface area contributed by atoms with Crippen molar-refractivity contribution in [1.82, 2.24) is 15.2 Å². The highest BCUT2D eigenvalue weighted by molar-refractivity contribution is 7.80. The summed E-state index contributed by atoms with van der Waals surface area (Å²) in [4.78, 5) is 11.3. The van der Waals surface area contributed by atoms with Crippen LogP contribution in [0.2, 0.25) is 0 Å². The van der Waals surface area contributed by atoms with Crippen LogP contribution in [0.3, 0.4) is 0 Å². The van der Waals surface area contributed by atoms with E-state index in [1.54, 1.807) is 6.08 Å². The van der Waals surface area contributed by atoms with Crippen molar-refractivity contribution in [2.24, 2.45) is 7.05 Å². The number of nitrogens with one attached hydrogen (secondary N) is 2. The van der Waals surface area contributed by atoms with E-state index in [-0.39, 0.29) is 5.91 Å². The molecule has 0 radical (unpaired) electrons. The van der Waals surface area contributed by atoms with Crippen LogP contribution in [0.5, 0.6) is 0 Å². The lowest BCUT2D eigenvalue weighted by molar-refractivity contribution is -0.115. The summed E-state index contributed by atoms with van der Waals surface area (Å²) in [5.74, 6) is -0.182. The van der Waals surface area contributed by atoms with E-state index in [1.165, 1.54) is 0 Å². The van der Waals surface area contributed by atoms with Crippen LogP contribution >= 0.6 is 12.2 Å². The van der Waals surface area contributed by atoms with Gasteiger partial charge in [0.25, 0.3) is 5.91 Å². The Labute approximate surface area is 86.6 Å². The second-order valence-electron chi connectivity index (χ2n) is 3.08. The molecule has 1 aliphatic rings. The summed E-state index contributed by atoms with van der Waals surface area (Å²) in [7, 11) is 1.93. The molecule has 2 rings (SSSR count). The molecule has 72 valence electrons. The fourth-order valence-electron chi connectivity index (χ4n) is 1.26. The average molecular weight is 207 g/mol. The molecule has 0 bridgehead atoms. The molecule has 14 heavy (non-hydrogen) atoms. The second kappa shape index (κ2) is 3.26. The predicted molar refractivity (Wildman–Crippen MR) is 57.3 cm³/mol. The highest BCUT2D eigenvalue weighted by atomic mass is 32.1. The minimum Gasteiger partial charge on any atom is -0.357 e. The van der Waals surface area contributed by atoms with Crippen molar-refractivity contribution in [3.8, 4) is 0 Å². The second-order valence-corrected chi connectivity index (χ2v) is 3.48. The summed E-state index contributed by atoms with van der Waals surface area (Å²) in [5, 5.41) is 5.64. The van der Waals surface area contributed by atoms with Crippen LogP contribution in [0.15, 0.2) is 24.2 Å². The molecule has 2 heterocycles. The molecule has 0 saturated carbocycles. The molecule has 0 atom stereocenters. The molecule has 4 nitrogen and oxygen atoms in total. The van der Waals surface area contributed by atoms with Crippen LogP contribution in [0, 0.1) is 0 Å². The van der Waals surface area contributed by atoms with Gasteiger partial charge in [-0.25, -0.2) is 0 Å². The number of hydrogen-bond donors (Lipinski definition) is 2. The molecule has 0 spiro atoms. The van der Waals surface area contributed by atoms with Crippen LogP contribution in [-0.4, -0.2) is 15.6 Å². The quantitative estimate of drug-likeness (QED) is 0.516. The average Bonchev–Trinajstić information content (AvgIpc) is 2.61. The molecule has 0 aliphatic carbocycles. The van der Waals surface area contributed by atoms with Crippen molar-refractivity contribution >= 4 is 29.3 Å². The third-order valence-corrected chi connectivity index (χ3v) is 2.09. The monoisotopic (exact) mass is 207 g/mol. The van der Waals surface area contributed by atoms with Gasteiger partial charge >= 0.3 is 0 Å². The zero-order chi connectivity index (χ0) is 10.1. The Kier molecular flexibility index (Phi) is 2.09. The third-order valence-electron chi connectivity index (χ3n) is 1.89. The van der Waals surface area contributed by atoms with Crippen LogP contribution < -0.4 is 10.6 Å². The Morgan fingerprint density at radius 2 is 2.29 bits per heavy atom. The zero-order valence-corrected chi connectivity index (χ0v) is 8.39. The van der Waals surface area contributed by atoms with Gasteiger partial charge in [-0.05, 0) is 29.9 Å². The first-order chi connectivity index (χ1) is 6.65. The van der Waals surface area contributed by atoms with Gasteiger partial charge in [-0.15, -0.1) is 0 Å². The third kappa shape index (κ3) is 1.67. The SMILES string of the molecule is Cn1ccc(/C=C2\NC(=S)NC2=O)c1. The van der Waals surface area contributed by atoms with E-state index in [9.17, 15) is 4.79 Å². The number of aromatic nitrogens is 1. The minimum atomic E-state index is -0.182. The fourth-order valence-corrected chi connectivity index (χ4v) is 1.46. The van der Waals surface area contributed by atoms with Gasteiger partial charge in [0.05, 0.1) is 0 Å². The van der Waals surface area contributed by atoms with Gasteiger partial charge in [-0.2, -0.15) is 0 Å². The topological polar surface area (TPSA) is 46.1 Å². The van der Waals surface area contributed by atoms with Crippen molar-refractivity contribution in [2.75, 3.05) is 0 Å². The molecule has 1 fully saturated rings. The number of carbonyl (C=O) groups is 1. The van der Waals surface area contributed by atoms with Gasteiger partial charge in [-0.3, -0.25) is 10.1 Å². The van der Waals surface area contributed by atoms with Gasteiger partial charge in [0, 0.05) is 19.4 Å². The maximum atomic E-state index is 11.3. The van der Waals surface area contributed by atoms with E-state index < -0.39 is 0 Å². The van der Waals surface area contributed by atoms with Crippen LogP contribution in [0.25, 0.3) is 6.08 Å². The number of amides is 1. The number of aryl methyl sites for hydroxylation is 1. The summed E-state index contributed by atoms with van der Waals surface area (Å²) >= 11 is 4.81. The van der Waals surface area contributed by atoms with Crippen molar-refractivity contribution in [3.05, 3.63) is 29.7 Å². The van der Waals surface area contributed by atoms with E-state index in [4.69, 9.17) is 12.2 Å². The van der Waals surface area contributed by atoms with E-state index in [2.05, 4.69) is 10.6 Å². The number of rotatable bonds is 1.